The van der Waals surface area contributed by atoms with Crippen molar-refractivity contribution < 1.29 is 0 Å². The van der Waals surface area contributed by atoms with Gasteiger partial charge in [-0.3, -0.25) is 4.57 Å². The minimum absolute atomic E-state index is 0.569. The Morgan fingerprint density at radius 1 is 0.306 bits per heavy atom. The van der Waals surface area contributed by atoms with E-state index in [1.165, 1.54) is 9.40 Å². The third kappa shape index (κ3) is 6.20. The molecule has 0 saturated carbocycles. The monoisotopic (exact) mass is 811 g/mol. The van der Waals surface area contributed by atoms with E-state index in [9.17, 15) is 0 Å². The first-order valence-electron chi connectivity index (χ1n) is 20.5. The molecule has 290 valence electrons. The topological polar surface area (TPSA) is 82.3 Å². The number of hydrogen-bond donors (Lipinski definition) is 0. The van der Waals surface area contributed by atoms with E-state index in [-0.39, 0.29) is 0 Å². The van der Waals surface area contributed by atoms with Gasteiger partial charge in [0.05, 0.1) is 11.0 Å². The Labute approximate surface area is 360 Å². The van der Waals surface area contributed by atoms with Crippen LogP contribution in [0.3, 0.4) is 0 Å². The number of rotatable bonds is 7. The highest BCUT2D eigenvalue weighted by atomic mass is 32.1. The van der Waals surface area contributed by atoms with Crippen LogP contribution in [0.5, 0.6) is 0 Å². The molecule has 7 nitrogen and oxygen atoms in total. The van der Waals surface area contributed by atoms with E-state index < -0.39 is 0 Å². The molecule has 0 unspecified atom stereocenters. The molecule has 8 aromatic carbocycles. The number of thiophene rings is 1. The molecule has 0 N–H and O–H groups in total. The molecule has 0 bridgehead atoms. The van der Waals surface area contributed by atoms with Crippen LogP contribution in [0.25, 0.3) is 116 Å². The van der Waals surface area contributed by atoms with E-state index in [0.29, 0.717) is 35.1 Å². The van der Waals surface area contributed by atoms with E-state index in [1.807, 2.05) is 121 Å². The van der Waals surface area contributed by atoms with Crippen molar-refractivity contribution in [3.8, 4) is 74.0 Å². The molecule has 4 heterocycles. The van der Waals surface area contributed by atoms with Crippen molar-refractivity contribution in [1.82, 2.24) is 34.5 Å². The fourth-order valence-corrected chi connectivity index (χ4v) is 9.50. The number of nitrogens with zero attached hydrogens (tertiary/aromatic N) is 7. The van der Waals surface area contributed by atoms with Gasteiger partial charge in [0.2, 0.25) is 5.95 Å². The molecule has 0 aliphatic carbocycles. The van der Waals surface area contributed by atoms with Gasteiger partial charge in [-0.05, 0) is 47.5 Å². The highest BCUT2D eigenvalue weighted by Gasteiger charge is 2.20. The van der Waals surface area contributed by atoms with Gasteiger partial charge in [-0.25, -0.2) is 19.9 Å². The summed E-state index contributed by atoms with van der Waals surface area (Å²) in [6, 6.07) is 68.9. The van der Waals surface area contributed by atoms with Crippen molar-refractivity contribution in [3.05, 3.63) is 200 Å². The molecule has 0 aliphatic heterocycles. The minimum Gasteiger partial charge on any atom is -0.278 e. The summed E-state index contributed by atoms with van der Waals surface area (Å²) in [4.78, 5) is 30.4. The van der Waals surface area contributed by atoms with Crippen LogP contribution in [0.2, 0.25) is 0 Å². The third-order valence-electron chi connectivity index (χ3n) is 11.3. The standard InChI is InChI=1S/C54H33N7S/c1-5-16-34(17-6-1)49-55-50(35-18-7-2-8-19-35)58-53(57-49)41-25-15-27-47-48(41)43-33-39(29-31-46(43)62-47)38-28-30-45-42(32-38)40-24-13-14-26-44(40)61(45)54-59-51(36-20-9-3-10-21-36)56-52(60-54)37-22-11-4-12-23-37/h1-33H. The third-order valence-corrected chi connectivity index (χ3v) is 12.5. The Morgan fingerprint density at radius 3 is 1.35 bits per heavy atom. The maximum Gasteiger partial charge on any atom is 0.238 e. The molecule has 12 rings (SSSR count). The van der Waals surface area contributed by atoms with E-state index in [2.05, 4.69) is 83.4 Å². The fraction of sp³-hybridized carbons (Fsp3) is 0. The van der Waals surface area contributed by atoms with Crippen LogP contribution in [-0.4, -0.2) is 34.5 Å². The first-order valence-corrected chi connectivity index (χ1v) is 21.3. The zero-order chi connectivity index (χ0) is 41.0. The molecule has 0 atom stereocenters. The summed E-state index contributed by atoms with van der Waals surface area (Å²) in [5.41, 5.74) is 8.99. The molecule has 0 fully saturated rings. The molecule has 4 aromatic heterocycles. The van der Waals surface area contributed by atoms with Crippen LogP contribution in [0.1, 0.15) is 0 Å². The van der Waals surface area contributed by atoms with Crippen molar-refractivity contribution in [3.63, 3.8) is 0 Å². The summed E-state index contributed by atoms with van der Waals surface area (Å²) in [6.07, 6.45) is 0. The van der Waals surface area contributed by atoms with Gasteiger partial charge in [0, 0.05) is 58.8 Å². The highest BCUT2D eigenvalue weighted by Crippen LogP contribution is 2.42. The number of hydrogen-bond acceptors (Lipinski definition) is 7. The van der Waals surface area contributed by atoms with E-state index in [0.717, 1.165) is 71.5 Å². The molecule has 12 aromatic rings. The van der Waals surface area contributed by atoms with Crippen LogP contribution < -0.4 is 0 Å². The molecule has 0 amide bonds. The summed E-state index contributed by atoms with van der Waals surface area (Å²) in [6.45, 7) is 0. The van der Waals surface area contributed by atoms with Gasteiger partial charge in [0.1, 0.15) is 0 Å². The Morgan fingerprint density at radius 2 is 0.774 bits per heavy atom. The number of fused-ring (bicyclic) bond motifs is 6. The average molecular weight is 812 g/mol. The minimum atomic E-state index is 0.569. The van der Waals surface area contributed by atoms with Gasteiger partial charge >= 0.3 is 0 Å². The second kappa shape index (κ2) is 14.8. The lowest BCUT2D eigenvalue weighted by Crippen LogP contribution is -2.06. The molecular weight excluding hydrogens is 779 g/mol. The van der Waals surface area contributed by atoms with E-state index in [1.54, 1.807) is 11.3 Å². The van der Waals surface area contributed by atoms with Crippen molar-refractivity contribution >= 4 is 53.3 Å². The molecule has 0 radical (unpaired) electrons. The van der Waals surface area contributed by atoms with Crippen LogP contribution >= 0.6 is 11.3 Å². The van der Waals surface area contributed by atoms with Gasteiger partial charge in [-0.1, -0.05) is 164 Å². The lowest BCUT2D eigenvalue weighted by molar-refractivity contribution is 0.953. The molecule has 0 spiro atoms. The molecular formula is C54H33N7S. The molecule has 62 heavy (non-hydrogen) atoms. The van der Waals surface area contributed by atoms with Gasteiger partial charge < -0.3 is 0 Å². The number of benzene rings is 8. The van der Waals surface area contributed by atoms with Crippen LogP contribution in [0, 0.1) is 0 Å². The zero-order valence-electron chi connectivity index (χ0n) is 33.1. The van der Waals surface area contributed by atoms with Crippen molar-refractivity contribution in [2.45, 2.75) is 0 Å². The predicted molar refractivity (Wildman–Crippen MR) is 253 cm³/mol. The van der Waals surface area contributed by atoms with Crippen LogP contribution in [0.15, 0.2) is 200 Å². The normalized spacial score (nSPS) is 11.5. The summed E-state index contributed by atoms with van der Waals surface area (Å²) < 4.78 is 4.55. The lowest BCUT2D eigenvalue weighted by Gasteiger charge is -2.11. The number of aromatic nitrogens is 7. The Hall–Kier alpha value is -8.20. The Bertz CT molecular complexity index is 3500. The van der Waals surface area contributed by atoms with Gasteiger partial charge in [0.25, 0.3) is 0 Å². The largest absolute Gasteiger partial charge is 0.278 e. The van der Waals surface area contributed by atoms with Gasteiger partial charge in [-0.2, -0.15) is 9.97 Å². The zero-order valence-corrected chi connectivity index (χ0v) is 33.9. The quantitative estimate of drug-likeness (QED) is 0.159. The SMILES string of the molecule is c1ccc(-c2nc(-c3ccccc3)nc(-c3cccc4sc5ccc(-c6ccc7c(c6)c6ccccc6n7-c6nc(-c7ccccc7)nc(-c7ccccc7)n6)cc5c34)n2)cc1. The summed E-state index contributed by atoms with van der Waals surface area (Å²) in [7, 11) is 0. The van der Waals surface area contributed by atoms with E-state index >= 15 is 0 Å². The fourth-order valence-electron chi connectivity index (χ4n) is 8.39. The lowest BCUT2D eigenvalue weighted by atomic mass is 9.99. The maximum absolute atomic E-state index is 5.12. The first kappa shape index (κ1) is 35.7. The maximum atomic E-state index is 5.12. The molecule has 0 aliphatic rings. The van der Waals surface area contributed by atoms with Crippen molar-refractivity contribution in [2.24, 2.45) is 0 Å². The van der Waals surface area contributed by atoms with Crippen LogP contribution in [0.4, 0.5) is 0 Å². The summed E-state index contributed by atoms with van der Waals surface area (Å²) in [5, 5.41) is 4.53. The smallest absolute Gasteiger partial charge is 0.238 e. The second-order valence-electron chi connectivity index (χ2n) is 15.1. The van der Waals surface area contributed by atoms with E-state index in [4.69, 9.17) is 29.9 Å². The first-order chi connectivity index (χ1) is 30.7. The highest BCUT2D eigenvalue weighted by molar-refractivity contribution is 7.26. The Balaban J connectivity index is 1.02. The molecule has 0 saturated heterocycles. The van der Waals surface area contributed by atoms with Gasteiger partial charge in [0.15, 0.2) is 29.1 Å². The summed E-state index contributed by atoms with van der Waals surface area (Å²) >= 11 is 1.79. The average Bonchev–Trinajstić information content (AvgIpc) is 3.90. The number of para-hydroxylation sites is 1. The molecule has 8 heteroatoms. The van der Waals surface area contributed by atoms with Crippen molar-refractivity contribution in [1.29, 1.82) is 0 Å². The summed E-state index contributed by atoms with van der Waals surface area (Å²) in [5.74, 6) is 3.74. The van der Waals surface area contributed by atoms with Crippen molar-refractivity contribution in [2.75, 3.05) is 0 Å². The Kier molecular flexibility index (Phi) is 8.53. The predicted octanol–water partition coefficient (Wildman–Crippen LogP) is 13.5. The van der Waals surface area contributed by atoms with Crippen LogP contribution in [-0.2, 0) is 0 Å². The second-order valence-corrected chi connectivity index (χ2v) is 16.2. The van der Waals surface area contributed by atoms with Gasteiger partial charge in [-0.15, -0.1) is 11.3 Å².